The number of rotatable bonds is 5. The molecule has 1 heterocycles. The van der Waals surface area contributed by atoms with Crippen molar-refractivity contribution in [1.29, 1.82) is 5.26 Å². The highest BCUT2D eigenvalue weighted by Gasteiger charge is 2.15. The summed E-state index contributed by atoms with van der Waals surface area (Å²) in [4.78, 5) is 13.7. The van der Waals surface area contributed by atoms with Gasteiger partial charge in [-0.05, 0) is 12.5 Å². The molecule has 1 aromatic heterocycles. The van der Waals surface area contributed by atoms with Crippen LogP contribution in [0.1, 0.15) is 19.0 Å². The molecule has 0 aliphatic rings. The van der Waals surface area contributed by atoms with Gasteiger partial charge in [0.1, 0.15) is 11.9 Å². The monoisotopic (exact) mass is 236 g/mol. The van der Waals surface area contributed by atoms with E-state index in [0.717, 1.165) is 0 Å². The first kappa shape index (κ1) is 12.9. The number of hydrogen-bond donors (Lipinski definition) is 2. The van der Waals surface area contributed by atoms with Crippen molar-refractivity contribution in [2.24, 2.45) is 0 Å². The number of nitrogens with zero attached hydrogens (tertiary/aromatic N) is 3. The first-order valence-corrected chi connectivity index (χ1v) is 5.06. The van der Waals surface area contributed by atoms with Gasteiger partial charge in [-0.15, -0.1) is 0 Å². The van der Waals surface area contributed by atoms with Crippen molar-refractivity contribution in [3.8, 4) is 6.07 Å². The van der Waals surface area contributed by atoms with Gasteiger partial charge in [0.05, 0.1) is 11.0 Å². The van der Waals surface area contributed by atoms with Gasteiger partial charge in [-0.25, -0.2) is 4.98 Å². The van der Waals surface area contributed by atoms with Gasteiger partial charge >= 0.3 is 5.69 Å². The van der Waals surface area contributed by atoms with Crippen LogP contribution in [0.5, 0.6) is 0 Å². The summed E-state index contributed by atoms with van der Waals surface area (Å²) in [7, 11) is 0. The first-order valence-electron chi connectivity index (χ1n) is 5.06. The van der Waals surface area contributed by atoms with E-state index in [-0.39, 0.29) is 17.9 Å². The van der Waals surface area contributed by atoms with Crippen LogP contribution in [0.25, 0.3) is 0 Å². The van der Waals surface area contributed by atoms with Gasteiger partial charge in [-0.1, -0.05) is 6.92 Å². The number of nitrogens with one attached hydrogen (secondary N) is 1. The van der Waals surface area contributed by atoms with Crippen molar-refractivity contribution < 1.29 is 10.0 Å². The van der Waals surface area contributed by atoms with Gasteiger partial charge in [-0.3, -0.25) is 10.1 Å². The van der Waals surface area contributed by atoms with Gasteiger partial charge < -0.3 is 10.4 Å². The number of anilines is 1. The minimum atomic E-state index is -0.657. The van der Waals surface area contributed by atoms with Crippen molar-refractivity contribution in [1.82, 2.24) is 4.98 Å². The van der Waals surface area contributed by atoms with Crippen LogP contribution in [0.2, 0.25) is 0 Å². The summed E-state index contributed by atoms with van der Waals surface area (Å²) < 4.78 is 0. The second kappa shape index (κ2) is 5.77. The summed E-state index contributed by atoms with van der Waals surface area (Å²) in [5.41, 5.74) is -0.569. The molecule has 0 amide bonds. The molecule has 7 heteroatoms. The summed E-state index contributed by atoms with van der Waals surface area (Å²) in [6, 6.07) is 4.28. The largest absolute Gasteiger partial charge is 0.391 e. The van der Waals surface area contributed by atoms with Gasteiger partial charge in [0.15, 0.2) is 0 Å². The van der Waals surface area contributed by atoms with Crippen molar-refractivity contribution in [2.45, 2.75) is 19.4 Å². The second-order valence-corrected chi connectivity index (χ2v) is 3.38. The molecular weight excluding hydrogens is 224 g/mol. The zero-order valence-corrected chi connectivity index (χ0v) is 9.25. The predicted molar refractivity (Wildman–Crippen MR) is 60.4 cm³/mol. The van der Waals surface area contributed by atoms with Crippen LogP contribution in [0.3, 0.4) is 0 Å². The molecule has 0 aliphatic carbocycles. The number of nitro groups is 1. The van der Waals surface area contributed by atoms with Crippen LogP contribution in [0.4, 0.5) is 11.5 Å². The average molecular weight is 236 g/mol. The standard InChI is InChI=1S/C10H12N4O3/c1-2-7(15)6-12-10-4-3-9(14(16)17)8(5-11)13-10/h3-4,7,15H,2,6H2,1H3,(H,12,13). The first-order chi connectivity index (χ1) is 8.08. The van der Waals surface area contributed by atoms with E-state index < -0.39 is 11.0 Å². The van der Waals surface area contributed by atoms with Gasteiger partial charge in [0.2, 0.25) is 5.69 Å². The van der Waals surface area contributed by atoms with Crippen LogP contribution in [0.15, 0.2) is 12.1 Å². The summed E-state index contributed by atoms with van der Waals surface area (Å²) in [5.74, 6) is 0.333. The SMILES string of the molecule is CCC(O)CNc1ccc([N+](=O)[O-])c(C#N)n1. The van der Waals surface area contributed by atoms with Crippen molar-refractivity contribution >= 4 is 11.5 Å². The highest BCUT2D eigenvalue weighted by atomic mass is 16.6. The topological polar surface area (TPSA) is 112 Å². The Morgan fingerprint density at radius 2 is 2.41 bits per heavy atom. The molecule has 0 aromatic carbocycles. The number of nitriles is 1. The predicted octanol–water partition coefficient (Wildman–Crippen LogP) is 1.04. The Morgan fingerprint density at radius 3 is 2.94 bits per heavy atom. The van der Waals surface area contributed by atoms with Gasteiger partial charge in [0, 0.05) is 12.6 Å². The molecule has 0 saturated heterocycles. The number of aromatic nitrogens is 1. The maximum Gasteiger partial charge on any atom is 0.305 e. The third-order valence-corrected chi connectivity index (χ3v) is 2.17. The molecule has 0 radical (unpaired) electrons. The molecule has 1 atom stereocenters. The van der Waals surface area contributed by atoms with Gasteiger partial charge in [-0.2, -0.15) is 5.26 Å². The van der Waals surface area contributed by atoms with E-state index in [9.17, 15) is 15.2 Å². The van der Waals surface area contributed by atoms with Crippen LogP contribution in [-0.2, 0) is 0 Å². The Labute approximate surface area is 97.9 Å². The zero-order valence-electron chi connectivity index (χ0n) is 9.25. The Kier molecular flexibility index (Phi) is 4.37. The lowest BCUT2D eigenvalue weighted by Gasteiger charge is -2.09. The lowest BCUT2D eigenvalue weighted by Crippen LogP contribution is -2.18. The summed E-state index contributed by atoms with van der Waals surface area (Å²) >= 11 is 0. The van der Waals surface area contributed by atoms with Gasteiger partial charge in [0.25, 0.3) is 0 Å². The zero-order chi connectivity index (χ0) is 12.8. The molecule has 2 N–H and O–H groups in total. The van der Waals surface area contributed by atoms with E-state index in [4.69, 9.17) is 5.26 Å². The van der Waals surface area contributed by atoms with Crippen molar-refractivity contribution in [2.75, 3.05) is 11.9 Å². The molecule has 7 nitrogen and oxygen atoms in total. The van der Waals surface area contributed by atoms with E-state index in [1.807, 2.05) is 6.92 Å². The highest BCUT2D eigenvalue weighted by molar-refractivity contribution is 5.50. The minimum absolute atomic E-state index is 0.244. The molecule has 0 saturated carbocycles. The van der Waals surface area contributed by atoms with E-state index in [1.54, 1.807) is 6.07 Å². The molecule has 0 aliphatic heterocycles. The van der Waals surface area contributed by atoms with E-state index in [0.29, 0.717) is 12.2 Å². The molecule has 1 unspecified atom stereocenters. The van der Waals surface area contributed by atoms with E-state index in [1.165, 1.54) is 12.1 Å². The third-order valence-electron chi connectivity index (χ3n) is 2.17. The van der Waals surface area contributed by atoms with Crippen LogP contribution >= 0.6 is 0 Å². The summed E-state index contributed by atoms with van der Waals surface area (Å²) in [6.07, 6.45) is 0.0722. The fourth-order valence-electron chi connectivity index (χ4n) is 1.15. The quantitative estimate of drug-likeness (QED) is 0.583. The fourth-order valence-corrected chi connectivity index (χ4v) is 1.15. The second-order valence-electron chi connectivity index (χ2n) is 3.38. The number of aliphatic hydroxyl groups excluding tert-OH is 1. The maximum absolute atomic E-state index is 10.6. The Balaban J connectivity index is 2.84. The highest BCUT2D eigenvalue weighted by Crippen LogP contribution is 2.17. The number of pyridine rings is 1. The fraction of sp³-hybridized carbons (Fsp3) is 0.400. The Bertz CT molecular complexity index is 455. The number of hydrogen-bond acceptors (Lipinski definition) is 6. The Hall–Kier alpha value is -2.20. The molecule has 1 aromatic rings. The average Bonchev–Trinajstić information content (AvgIpc) is 2.35. The van der Waals surface area contributed by atoms with Crippen LogP contribution in [-0.4, -0.2) is 27.7 Å². The third kappa shape index (κ3) is 3.39. The summed E-state index contributed by atoms with van der Waals surface area (Å²) in [6.45, 7) is 2.11. The van der Waals surface area contributed by atoms with Crippen LogP contribution in [0, 0.1) is 21.4 Å². The molecule has 0 spiro atoms. The lowest BCUT2D eigenvalue weighted by molar-refractivity contribution is -0.385. The molecule has 1 rings (SSSR count). The molecule has 0 bridgehead atoms. The van der Waals surface area contributed by atoms with E-state index in [2.05, 4.69) is 10.3 Å². The van der Waals surface area contributed by atoms with E-state index >= 15 is 0 Å². The lowest BCUT2D eigenvalue weighted by atomic mass is 10.2. The molecule has 90 valence electrons. The molecule has 0 fully saturated rings. The molecular formula is C10H12N4O3. The van der Waals surface area contributed by atoms with Crippen molar-refractivity contribution in [3.05, 3.63) is 27.9 Å². The maximum atomic E-state index is 10.6. The normalized spacial score (nSPS) is 11.6. The summed E-state index contributed by atoms with van der Waals surface area (Å²) in [5, 5.41) is 31.4. The number of aliphatic hydroxyl groups is 1. The Morgan fingerprint density at radius 1 is 1.71 bits per heavy atom. The molecule has 17 heavy (non-hydrogen) atoms. The minimum Gasteiger partial charge on any atom is -0.391 e. The smallest absolute Gasteiger partial charge is 0.305 e. The van der Waals surface area contributed by atoms with Crippen molar-refractivity contribution in [3.63, 3.8) is 0 Å². The van der Waals surface area contributed by atoms with Crippen LogP contribution < -0.4 is 5.32 Å².